The maximum absolute atomic E-state index is 12.7. The molecule has 1 aliphatic heterocycles. The van der Waals surface area contributed by atoms with E-state index in [-0.39, 0.29) is 25.0 Å². The molecule has 7 nitrogen and oxygen atoms in total. The number of hydrogen-bond donors (Lipinski definition) is 2. The zero-order valence-corrected chi connectivity index (χ0v) is 18.5. The van der Waals surface area contributed by atoms with E-state index in [1.807, 2.05) is 6.92 Å². The highest BCUT2D eigenvalue weighted by atomic mass is 35.5. The first kappa shape index (κ1) is 22.9. The van der Waals surface area contributed by atoms with Gasteiger partial charge in [-0.05, 0) is 67.8 Å². The van der Waals surface area contributed by atoms with Crippen LogP contribution < -0.4 is 15.6 Å². The van der Waals surface area contributed by atoms with Gasteiger partial charge < -0.3 is 9.64 Å². The summed E-state index contributed by atoms with van der Waals surface area (Å²) in [5.41, 5.74) is 6.13. The third-order valence-corrected chi connectivity index (χ3v) is 5.67. The van der Waals surface area contributed by atoms with E-state index in [0.717, 1.165) is 5.56 Å². The molecule has 0 aromatic heterocycles. The normalized spacial score (nSPS) is 15.8. The van der Waals surface area contributed by atoms with Crippen molar-refractivity contribution in [1.82, 2.24) is 15.8 Å². The number of carbonyl (C=O) groups is 3. The number of piperidine rings is 1. The van der Waals surface area contributed by atoms with Crippen molar-refractivity contribution in [2.75, 3.05) is 19.7 Å². The molecule has 164 valence electrons. The molecular formula is C22H23Cl2N3O4. The minimum absolute atomic E-state index is 0.148. The molecule has 3 amide bonds. The van der Waals surface area contributed by atoms with Gasteiger partial charge in [0.25, 0.3) is 11.8 Å². The summed E-state index contributed by atoms with van der Waals surface area (Å²) in [6, 6.07) is 11.7. The molecule has 9 heteroatoms. The zero-order chi connectivity index (χ0) is 22.4. The summed E-state index contributed by atoms with van der Waals surface area (Å²) in [6.07, 6.45) is 1.33. The van der Waals surface area contributed by atoms with E-state index in [2.05, 4.69) is 10.9 Å². The summed E-state index contributed by atoms with van der Waals surface area (Å²) in [5.74, 6) is -0.892. The molecule has 1 aliphatic rings. The van der Waals surface area contributed by atoms with Crippen molar-refractivity contribution >= 4 is 40.9 Å². The van der Waals surface area contributed by atoms with E-state index in [4.69, 9.17) is 27.9 Å². The number of halogens is 2. The fourth-order valence-corrected chi connectivity index (χ4v) is 3.52. The van der Waals surface area contributed by atoms with Crippen LogP contribution in [0.25, 0.3) is 0 Å². The largest absolute Gasteiger partial charge is 0.484 e. The molecule has 0 bridgehead atoms. The fraction of sp³-hybridized carbons (Fsp3) is 0.318. The monoisotopic (exact) mass is 463 g/mol. The predicted molar refractivity (Wildman–Crippen MR) is 118 cm³/mol. The fourth-order valence-electron chi connectivity index (χ4n) is 3.28. The van der Waals surface area contributed by atoms with Crippen LogP contribution in [0.3, 0.4) is 0 Å². The van der Waals surface area contributed by atoms with E-state index >= 15 is 0 Å². The van der Waals surface area contributed by atoms with Gasteiger partial charge in [0.2, 0.25) is 5.91 Å². The summed E-state index contributed by atoms with van der Waals surface area (Å²) < 4.78 is 5.40. The van der Waals surface area contributed by atoms with E-state index in [0.29, 0.717) is 40.7 Å². The standard InChI is InChI=1S/C22H23Cl2N3O4/c1-14-11-18(8-9-19(14)24)31-13-20(28)25-26-21(29)16-3-2-10-27(12-16)22(30)15-4-6-17(23)7-5-15/h4-9,11,16H,2-3,10,12-13H2,1H3,(H,25,28)(H,26,29)/t16-/m1/s1. The predicted octanol–water partition coefficient (Wildman–Crippen LogP) is 3.38. The summed E-state index contributed by atoms with van der Waals surface area (Å²) in [4.78, 5) is 38.8. The van der Waals surface area contributed by atoms with Crippen molar-refractivity contribution in [1.29, 1.82) is 0 Å². The molecule has 1 atom stereocenters. The van der Waals surface area contributed by atoms with Crippen molar-refractivity contribution in [3.8, 4) is 5.75 Å². The zero-order valence-electron chi connectivity index (χ0n) is 17.0. The van der Waals surface area contributed by atoms with Crippen molar-refractivity contribution in [2.24, 2.45) is 5.92 Å². The lowest BCUT2D eigenvalue weighted by Crippen LogP contribution is -2.50. The van der Waals surface area contributed by atoms with Crippen LogP contribution in [-0.2, 0) is 9.59 Å². The Balaban J connectivity index is 1.46. The smallest absolute Gasteiger partial charge is 0.276 e. The second-order valence-corrected chi connectivity index (χ2v) is 8.18. The van der Waals surface area contributed by atoms with Crippen LogP contribution in [-0.4, -0.2) is 42.3 Å². The van der Waals surface area contributed by atoms with Gasteiger partial charge in [-0.2, -0.15) is 0 Å². The number of hydrogen-bond acceptors (Lipinski definition) is 4. The number of ether oxygens (including phenoxy) is 1. The molecule has 1 fully saturated rings. The highest BCUT2D eigenvalue weighted by Crippen LogP contribution is 2.21. The van der Waals surface area contributed by atoms with Crippen LogP contribution in [0, 0.1) is 12.8 Å². The van der Waals surface area contributed by atoms with Crippen LogP contribution in [0.2, 0.25) is 10.0 Å². The molecule has 2 aromatic rings. The first-order chi connectivity index (χ1) is 14.8. The molecule has 0 unspecified atom stereocenters. The van der Waals surface area contributed by atoms with Crippen molar-refractivity contribution < 1.29 is 19.1 Å². The third kappa shape index (κ3) is 6.35. The highest BCUT2D eigenvalue weighted by molar-refractivity contribution is 6.31. The summed E-state index contributed by atoms with van der Waals surface area (Å²) in [6.45, 7) is 2.43. The Bertz CT molecular complexity index is 966. The minimum Gasteiger partial charge on any atom is -0.484 e. The molecule has 1 saturated heterocycles. The Morgan fingerprint density at radius 1 is 1.10 bits per heavy atom. The van der Waals surface area contributed by atoms with Crippen molar-refractivity contribution in [2.45, 2.75) is 19.8 Å². The topological polar surface area (TPSA) is 87.7 Å². The molecule has 2 N–H and O–H groups in total. The Kier molecular flexibility index (Phi) is 7.76. The number of likely N-dealkylation sites (tertiary alicyclic amines) is 1. The Labute approximate surface area is 190 Å². The summed E-state index contributed by atoms with van der Waals surface area (Å²) in [5, 5.41) is 1.17. The molecule has 0 spiro atoms. The molecule has 31 heavy (non-hydrogen) atoms. The molecule has 2 aromatic carbocycles. The van der Waals surface area contributed by atoms with Gasteiger partial charge in [-0.15, -0.1) is 0 Å². The van der Waals surface area contributed by atoms with Crippen LogP contribution in [0.4, 0.5) is 0 Å². The van der Waals surface area contributed by atoms with Crippen LogP contribution in [0.15, 0.2) is 42.5 Å². The quantitative estimate of drug-likeness (QED) is 0.665. The van der Waals surface area contributed by atoms with Crippen molar-refractivity contribution in [3.63, 3.8) is 0 Å². The number of nitrogens with one attached hydrogen (secondary N) is 2. The lowest BCUT2D eigenvalue weighted by Gasteiger charge is -2.32. The van der Waals surface area contributed by atoms with Crippen LogP contribution in [0.1, 0.15) is 28.8 Å². The summed E-state index contributed by atoms with van der Waals surface area (Å²) >= 11 is 11.8. The highest BCUT2D eigenvalue weighted by Gasteiger charge is 2.29. The third-order valence-electron chi connectivity index (χ3n) is 5.00. The molecular weight excluding hydrogens is 441 g/mol. The average molecular weight is 464 g/mol. The second-order valence-electron chi connectivity index (χ2n) is 7.33. The van der Waals surface area contributed by atoms with Crippen molar-refractivity contribution in [3.05, 3.63) is 63.6 Å². The molecule has 1 heterocycles. The Morgan fingerprint density at radius 2 is 1.84 bits per heavy atom. The maximum atomic E-state index is 12.7. The van der Waals surface area contributed by atoms with Gasteiger partial charge in [0, 0.05) is 28.7 Å². The second kappa shape index (κ2) is 10.5. The van der Waals surface area contributed by atoms with E-state index in [9.17, 15) is 14.4 Å². The van der Waals surface area contributed by atoms with Gasteiger partial charge in [0.15, 0.2) is 6.61 Å². The average Bonchev–Trinajstić information content (AvgIpc) is 2.78. The first-order valence-electron chi connectivity index (χ1n) is 9.86. The lowest BCUT2D eigenvalue weighted by atomic mass is 9.96. The summed E-state index contributed by atoms with van der Waals surface area (Å²) in [7, 11) is 0. The van der Waals surface area contributed by atoms with Gasteiger partial charge >= 0.3 is 0 Å². The molecule has 0 saturated carbocycles. The van der Waals surface area contributed by atoms with Gasteiger partial charge in [0.05, 0.1) is 5.92 Å². The van der Waals surface area contributed by atoms with Gasteiger partial charge in [0.1, 0.15) is 5.75 Å². The van der Waals surface area contributed by atoms with E-state index < -0.39 is 11.8 Å². The molecule has 0 aliphatic carbocycles. The SMILES string of the molecule is Cc1cc(OCC(=O)NNC(=O)[C@@H]2CCCN(C(=O)c3ccc(Cl)cc3)C2)ccc1Cl. The van der Waals surface area contributed by atoms with E-state index in [1.54, 1.807) is 47.4 Å². The first-order valence-corrected chi connectivity index (χ1v) is 10.6. The number of carbonyl (C=O) groups excluding carboxylic acids is 3. The van der Waals surface area contributed by atoms with E-state index in [1.165, 1.54) is 0 Å². The number of nitrogens with zero attached hydrogens (tertiary/aromatic N) is 1. The van der Waals surface area contributed by atoms with Gasteiger partial charge in [-0.1, -0.05) is 23.2 Å². The van der Waals surface area contributed by atoms with Crippen LogP contribution >= 0.6 is 23.2 Å². The van der Waals surface area contributed by atoms with Gasteiger partial charge in [-0.3, -0.25) is 25.2 Å². The maximum Gasteiger partial charge on any atom is 0.276 e. The van der Waals surface area contributed by atoms with Crippen LogP contribution in [0.5, 0.6) is 5.75 Å². The molecule has 3 rings (SSSR count). The Morgan fingerprint density at radius 3 is 2.55 bits per heavy atom. The number of benzene rings is 2. The number of aryl methyl sites for hydroxylation is 1. The van der Waals surface area contributed by atoms with Gasteiger partial charge in [-0.25, -0.2) is 0 Å². The number of rotatable bonds is 5. The number of amides is 3. The lowest BCUT2D eigenvalue weighted by molar-refractivity contribution is -0.132. The number of hydrazine groups is 1. The molecule has 0 radical (unpaired) electrons. The Hall–Kier alpha value is -2.77. The minimum atomic E-state index is -0.495.